The van der Waals surface area contributed by atoms with E-state index in [-0.39, 0.29) is 24.0 Å². The van der Waals surface area contributed by atoms with Gasteiger partial charge in [0.25, 0.3) is 0 Å². The molecule has 0 saturated carbocycles. The fourth-order valence-electron chi connectivity index (χ4n) is 1.63. The molecule has 2 rings (SSSR count). The van der Waals surface area contributed by atoms with Crippen molar-refractivity contribution in [2.24, 2.45) is 0 Å². The number of thioether (sulfide) groups is 1. The Bertz CT molecular complexity index is 514. The minimum atomic E-state index is 0. The second kappa shape index (κ2) is 7.43. The number of amidine groups is 1. The molecule has 0 aliphatic heterocycles. The van der Waals surface area contributed by atoms with E-state index >= 15 is 0 Å². The average molecular weight is 370 g/mol. The lowest BCUT2D eigenvalue weighted by atomic mass is 10.0. The van der Waals surface area contributed by atoms with Gasteiger partial charge in [-0.15, -0.1) is 24.0 Å². The van der Waals surface area contributed by atoms with Gasteiger partial charge in [-0.05, 0) is 17.9 Å². The Morgan fingerprint density at radius 3 is 2.28 bits per heavy atom. The molecule has 2 nitrogen and oxygen atoms in total. The smallest absolute Gasteiger partial charge is 0.157 e. The van der Waals surface area contributed by atoms with Gasteiger partial charge >= 0.3 is 0 Å². The number of rotatable bonds is 2. The number of hydrogen-bond donors (Lipinski definition) is 2. The zero-order chi connectivity index (χ0) is 12.1. The molecular formula is C14H15IN2S. The Hall–Kier alpha value is -1.01. The summed E-state index contributed by atoms with van der Waals surface area (Å²) in [6.07, 6.45) is 1.89. The number of hydrogen-bond acceptors (Lipinski definition) is 2. The van der Waals surface area contributed by atoms with E-state index in [1.54, 1.807) is 0 Å². The average Bonchev–Trinajstić information content (AvgIpc) is 2.40. The number of para-hydroxylation sites is 1. The molecule has 0 unspecified atom stereocenters. The third-order valence-electron chi connectivity index (χ3n) is 2.46. The maximum atomic E-state index is 7.69. The maximum absolute atomic E-state index is 7.69. The van der Waals surface area contributed by atoms with Crippen molar-refractivity contribution < 1.29 is 0 Å². The summed E-state index contributed by atoms with van der Waals surface area (Å²) in [7, 11) is 0. The van der Waals surface area contributed by atoms with E-state index in [1.165, 1.54) is 11.8 Å². The van der Waals surface area contributed by atoms with Crippen molar-refractivity contribution in [3.8, 4) is 11.1 Å². The monoisotopic (exact) mass is 370 g/mol. The molecule has 18 heavy (non-hydrogen) atoms. The normalized spacial score (nSPS) is 9.39. The van der Waals surface area contributed by atoms with Crippen LogP contribution in [0.15, 0.2) is 54.6 Å². The molecule has 0 saturated heterocycles. The van der Waals surface area contributed by atoms with Crippen LogP contribution < -0.4 is 5.32 Å². The van der Waals surface area contributed by atoms with Crippen LogP contribution in [-0.2, 0) is 0 Å². The van der Waals surface area contributed by atoms with Gasteiger partial charge in [0.1, 0.15) is 0 Å². The molecule has 0 aliphatic rings. The van der Waals surface area contributed by atoms with Crippen LogP contribution in [-0.4, -0.2) is 11.4 Å². The van der Waals surface area contributed by atoms with E-state index in [9.17, 15) is 0 Å². The first kappa shape index (κ1) is 15.0. The van der Waals surface area contributed by atoms with Crippen LogP contribution in [0.2, 0.25) is 0 Å². The van der Waals surface area contributed by atoms with Crippen LogP contribution in [0, 0.1) is 5.41 Å². The molecule has 94 valence electrons. The summed E-state index contributed by atoms with van der Waals surface area (Å²) in [5, 5.41) is 11.2. The summed E-state index contributed by atoms with van der Waals surface area (Å²) in [6.45, 7) is 0. The predicted octanol–water partition coefficient (Wildman–Crippen LogP) is 4.68. The summed E-state index contributed by atoms with van der Waals surface area (Å²) in [6, 6.07) is 18.2. The zero-order valence-corrected chi connectivity index (χ0v) is 13.2. The van der Waals surface area contributed by atoms with Crippen molar-refractivity contribution in [1.82, 2.24) is 0 Å². The highest BCUT2D eigenvalue weighted by atomic mass is 127. The third-order valence-corrected chi connectivity index (χ3v) is 2.97. The molecule has 0 aliphatic carbocycles. The van der Waals surface area contributed by atoms with Gasteiger partial charge in [0.15, 0.2) is 5.17 Å². The van der Waals surface area contributed by atoms with Gasteiger partial charge in [-0.3, -0.25) is 5.41 Å². The van der Waals surface area contributed by atoms with Crippen molar-refractivity contribution in [1.29, 1.82) is 5.41 Å². The largest absolute Gasteiger partial charge is 0.335 e. The molecule has 2 N–H and O–H groups in total. The number of nitrogens with one attached hydrogen (secondary N) is 2. The second-order valence-electron chi connectivity index (χ2n) is 3.57. The minimum Gasteiger partial charge on any atom is -0.335 e. The van der Waals surface area contributed by atoms with Crippen molar-refractivity contribution in [2.75, 3.05) is 11.6 Å². The molecule has 2 aromatic rings. The SMILES string of the molecule is CSC(=N)Nc1ccccc1-c1ccccc1.I. The van der Waals surface area contributed by atoms with Crippen LogP contribution in [0.5, 0.6) is 0 Å². The van der Waals surface area contributed by atoms with Gasteiger partial charge in [0.05, 0.1) is 0 Å². The predicted molar refractivity (Wildman–Crippen MR) is 92.2 cm³/mol. The summed E-state index contributed by atoms with van der Waals surface area (Å²) in [5.41, 5.74) is 3.24. The van der Waals surface area contributed by atoms with Gasteiger partial charge in [-0.2, -0.15) is 0 Å². The standard InChI is InChI=1S/C14H14N2S.HI/c1-17-14(15)16-13-10-6-5-9-12(13)11-7-3-2-4-8-11;/h2-10H,1H3,(H2,15,16);1H. The first-order valence-electron chi connectivity index (χ1n) is 5.35. The van der Waals surface area contributed by atoms with Crippen molar-refractivity contribution in [3.63, 3.8) is 0 Å². The maximum Gasteiger partial charge on any atom is 0.157 e. The molecule has 4 heteroatoms. The van der Waals surface area contributed by atoms with Crippen molar-refractivity contribution >= 4 is 46.6 Å². The van der Waals surface area contributed by atoms with Crippen LogP contribution in [0.1, 0.15) is 0 Å². The molecular weight excluding hydrogens is 355 g/mol. The Labute approximate surface area is 129 Å². The summed E-state index contributed by atoms with van der Waals surface area (Å²) in [5.74, 6) is 0. The fraction of sp³-hybridized carbons (Fsp3) is 0.0714. The van der Waals surface area contributed by atoms with Crippen molar-refractivity contribution in [2.45, 2.75) is 0 Å². The Morgan fingerprint density at radius 2 is 1.61 bits per heavy atom. The second-order valence-corrected chi connectivity index (χ2v) is 4.39. The lowest BCUT2D eigenvalue weighted by molar-refractivity contribution is 1.51. The highest BCUT2D eigenvalue weighted by molar-refractivity contribution is 14.0. The van der Waals surface area contributed by atoms with Crippen LogP contribution in [0.3, 0.4) is 0 Å². The van der Waals surface area contributed by atoms with E-state index in [1.807, 2.05) is 42.7 Å². The topological polar surface area (TPSA) is 35.9 Å². The van der Waals surface area contributed by atoms with E-state index in [0.29, 0.717) is 5.17 Å². The summed E-state index contributed by atoms with van der Waals surface area (Å²) < 4.78 is 0. The first-order chi connectivity index (χ1) is 8.31. The van der Waals surface area contributed by atoms with Gasteiger partial charge in [-0.1, -0.05) is 60.3 Å². The van der Waals surface area contributed by atoms with Gasteiger partial charge < -0.3 is 5.32 Å². The van der Waals surface area contributed by atoms with Gasteiger partial charge in [0, 0.05) is 11.3 Å². The summed E-state index contributed by atoms with van der Waals surface area (Å²) in [4.78, 5) is 0. The van der Waals surface area contributed by atoms with E-state index in [4.69, 9.17) is 5.41 Å². The Balaban J connectivity index is 0.00000162. The highest BCUT2D eigenvalue weighted by Gasteiger charge is 2.04. The highest BCUT2D eigenvalue weighted by Crippen LogP contribution is 2.27. The quantitative estimate of drug-likeness (QED) is 0.457. The lowest BCUT2D eigenvalue weighted by Gasteiger charge is -2.11. The van der Waals surface area contributed by atoms with Gasteiger partial charge in [-0.25, -0.2) is 0 Å². The Kier molecular flexibility index (Phi) is 6.21. The molecule has 2 aromatic carbocycles. The van der Waals surface area contributed by atoms with E-state index < -0.39 is 0 Å². The van der Waals surface area contributed by atoms with Crippen LogP contribution in [0.25, 0.3) is 11.1 Å². The van der Waals surface area contributed by atoms with Crippen LogP contribution in [0.4, 0.5) is 5.69 Å². The molecule has 0 bridgehead atoms. The van der Waals surface area contributed by atoms with Gasteiger partial charge in [0.2, 0.25) is 0 Å². The van der Waals surface area contributed by atoms with Crippen molar-refractivity contribution in [3.05, 3.63) is 54.6 Å². The third kappa shape index (κ3) is 3.74. The molecule has 0 aromatic heterocycles. The number of benzene rings is 2. The fourth-order valence-corrected chi connectivity index (χ4v) is 1.85. The van der Waals surface area contributed by atoms with Crippen LogP contribution >= 0.6 is 35.7 Å². The minimum absolute atomic E-state index is 0. The molecule has 0 radical (unpaired) electrons. The van der Waals surface area contributed by atoms with E-state index in [2.05, 4.69) is 23.5 Å². The zero-order valence-electron chi connectivity index (χ0n) is 10.0. The summed E-state index contributed by atoms with van der Waals surface area (Å²) >= 11 is 1.40. The number of halogens is 1. The molecule has 0 spiro atoms. The molecule has 0 amide bonds. The number of anilines is 1. The molecule has 0 heterocycles. The lowest BCUT2D eigenvalue weighted by Crippen LogP contribution is -2.06. The Morgan fingerprint density at radius 1 is 1.00 bits per heavy atom. The van der Waals surface area contributed by atoms with E-state index in [0.717, 1.165) is 16.8 Å². The first-order valence-corrected chi connectivity index (χ1v) is 6.58. The molecule has 0 fully saturated rings. The molecule has 0 atom stereocenters.